The number of phenolic OH excluding ortho intramolecular Hbond substituents is 1. The molecule has 0 saturated carbocycles. The number of carbonyl (C=O) groups excluding carboxylic acids is 3. The SMILES string of the molecule is CSCCC(NC(=O)C1CCCN1)C(=O)N1CCCC1C(=O)NC(Cc1ccc(O)cc1)C(=O)O. The second-order valence-electron chi connectivity index (χ2n) is 8.95. The number of nitrogens with one attached hydrogen (secondary N) is 3. The molecule has 0 spiro atoms. The Labute approximate surface area is 209 Å². The number of nitrogens with zero attached hydrogens (tertiary/aromatic N) is 1. The quantitative estimate of drug-likeness (QED) is 0.291. The van der Waals surface area contributed by atoms with Crippen molar-refractivity contribution in [3.8, 4) is 5.75 Å². The van der Waals surface area contributed by atoms with E-state index in [9.17, 15) is 29.4 Å². The first kappa shape index (κ1) is 26.8. The summed E-state index contributed by atoms with van der Waals surface area (Å²) in [5, 5.41) is 27.7. The third kappa shape index (κ3) is 7.35. The maximum Gasteiger partial charge on any atom is 0.326 e. The molecule has 11 heteroatoms. The number of aromatic hydroxyl groups is 1. The predicted molar refractivity (Wildman–Crippen MR) is 132 cm³/mol. The fourth-order valence-electron chi connectivity index (χ4n) is 4.51. The van der Waals surface area contributed by atoms with Crippen LogP contribution in [0.4, 0.5) is 0 Å². The number of likely N-dealkylation sites (tertiary alicyclic amines) is 1. The van der Waals surface area contributed by atoms with E-state index in [1.165, 1.54) is 17.0 Å². The van der Waals surface area contributed by atoms with Crippen LogP contribution in [0, 0.1) is 0 Å². The van der Waals surface area contributed by atoms with Crippen LogP contribution in [0.3, 0.4) is 0 Å². The Kier molecular flexibility index (Phi) is 9.79. The summed E-state index contributed by atoms with van der Waals surface area (Å²) in [6.45, 7) is 1.14. The lowest BCUT2D eigenvalue weighted by Crippen LogP contribution is -2.57. The molecule has 0 aliphatic carbocycles. The zero-order valence-electron chi connectivity index (χ0n) is 19.9. The minimum atomic E-state index is -1.18. The van der Waals surface area contributed by atoms with Crippen molar-refractivity contribution >= 4 is 35.5 Å². The molecule has 2 aliphatic heterocycles. The molecule has 2 heterocycles. The van der Waals surface area contributed by atoms with E-state index in [1.54, 1.807) is 23.9 Å². The Morgan fingerprint density at radius 2 is 1.80 bits per heavy atom. The number of rotatable bonds is 11. The van der Waals surface area contributed by atoms with Crippen molar-refractivity contribution in [3.05, 3.63) is 29.8 Å². The van der Waals surface area contributed by atoms with Crippen molar-refractivity contribution < 1.29 is 29.4 Å². The molecule has 1 aromatic carbocycles. The number of carbonyl (C=O) groups is 4. The van der Waals surface area contributed by atoms with Crippen LogP contribution in [0.2, 0.25) is 0 Å². The topological polar surface area (TPSA) is 148 Å². The van der Waals surface area contributed by atoms with Crippen molar-refractivity contribution in [1.29, 1.82) is 0 Å². The minimum absolute atomic E-state index is 0.0445. The van der Waals surface area contributed by atoms with Crippen LogP contribution < -0.4 is 16.0 Å². The van der Waals surface area contributed by atoms with Gasteiger partial charge in [-0.15, -0.1) is 0 Å². The van der Waals surface area contributed by atoms with Crippen LogP contribution in [0.5, 0.6) is 5.75 Å². The third-order valence-electron chi connectivity index (χ3n) is 6.43. The van der Waals surface area contributed by atoms with Crippen molar-refractivity contribution in [2.45, 2.75) is 62.7 Å². The zero-order chi connectivity index (χ0) is 25.4. The molecule has 0 radical (unpaired) electrons. The molecule has 5 N–H and O–H groups in total. The predicted octanol–water partition coefficient (Wildman–Crippen LogP) is 0.485. The molecule has 0 aromatic heterocycles. The highest BCUT2D eigenvalue weighted by Gasteiger charge is 2.39. The van der Waals surface area contributed by atoms with Gasteiger partial charge in [-0.3, -0.25) is 14.4 Å². The number of carboxylic acids is 1. The highest BCUT2D eigenvalue weighted by Crippen LogP contribution is 2.21. The normalized spacial score (nSPS) is 21.3. The van der Waals surface area contributed by atoms with E-state index in [2.05, 4.69) is 16.0 Å². The summed E-state index contributed by atoms with van der Waals surface area (Å²) < 4.78 is 0. The summed E-state index contributed by atoms with van der Waals surface area (Å²) >= 11 is 1.57. The summed E-state index contributed by atoms with van der Waals surface area (Å²) in [6, 6.07) is 3.09. The molecule has 2 saturated heterocycles. The maximum absolute atomic E-state index is 13.4. The molecule has 1 aromatic rings. The van der Waals surface area contributed by atoms with Crippen LogP contribution in [0.1, 0.15) is 37.7 Å². The van der Waals surface area contributed by atoms with E-state index in [0.29, 0.717) is 37.1 Å². The molecule has 192 valence electrons. The number of aliphatic carboxylic acids is 1. The molecule has 10 nitrogen and oxygen atoms in total. The molecule has 3 rings (SSSR count). The highest BCUT2D eigenvalue weighted by atomic mass is 32.2. The van der Waals surface area contributed by atoms with Gasteiger partial charge in [0, 0.05) is 13.0 Å². The fraction of sp³-hybridized carbons (Fsp3) is 0.583. The molecule has 2 aliphatic rings. The Morgan fingerprint density at radius 3 is 2.43 bits per heavy atom. The van der Waals surface area contributed by atoms with Gasteiger partial charge in [-0.05, 0) is 68.4 Å². The van der Waals surface area contributed by atoms with E-state index in [1.807, 2.05) is 6.26 Å². The van der Waals surface area contributed by atoms with Crippen LogP contribution in [0.25, 0.3) is 0 Å². The van der Waals surface area contributed by atoms with Crippen LogP contribution >= 0.6 is 11.8 Å². The molecule has 4 unspecified atom stereocenters. The first-order valence-electron chi connectivity index (χ1n) is 11.9. The average molecular weight is 507 g/mol. The van der Waals surface area contributed by atoms with Gasteiger partial charge in [-0.2, -0.15) is 11.8 Å². The molecule has 4 atom stereocenters. The Balaban J connectivity index is 1.66. The van der Waals surface area contributed by atoms with Gasteiger partial charge in [0.2, 0.25) is 17.7 Å². The molecular formula is C24H34N4O6S. The maximum atomic E-state index is 13.4. The van der Waals surface area contributed by atoms with Gasteiger partial charge in [-0.1, -0.05) is 12.1 Å². The number of thioether (sulfide) groups is 1. The van der Waals surface area contributed by atoms with Crippen molar-refractivity contribution in [2.75, 3.05) is 25.1 Å². The lowest BCUT2D eigenvalue weighted by Gasteiger charge is -2.30. The van der Waals surface area contributed by atoms with Gasteiger partial charge in [0.15, 0.2) is 0 Å². The molecule has 2 fully saturated rings. The van der Waals surface area contributed by atoms with Gasteiger partial charge in [-0.25, -0.2) is 4.79 Å². The van der Waals surface area contributed by atoms with E-state index in [4.69, 9.17) is 0 Å². The van der Waals surface area contributed by atoms with Crippen molar-refractivity contribution in [3.63, 3.8) is 0 Å². The molecule has 0 bridgehead atoms. The lowest BCUT2D eigenvalue weighted by molar-refractivity contribution is -0.145. The lowest BCUT2D eigenvalue weighted by atomic mass is 10.0. The van der Waals surface area contributed by atoms with E-state index in [-0.39, 0.29) is 30.0 Å². The number of phenols is 1. The standard InChI is InChI=1S/C24H34N4O6S/c1-35-13-10-18(26-21(30)17-4-2-11-25-17)23(32)28-12-3-5-20(28)22(31)27-19(24(33)34)14-15-6-8-16(29)9-7-15/h6-9,17-20,25,29H,2-5,10-14H2,1H3,(H,26,30)(H,27,31)(H,33,34). The van der Waals surface area contributed by atoms with E-state index >= 15 is 0 Å². The van der Waals surface area contributed by atoms with Gasteiger partial charge in [0.1, 0.15) is 23.9 Å². The van der Waals surface area contributed by atoms with E-state index < -0.39 is 30.0 Å². The summed E-state index contributed by atoms with van der Waals surface area (Å²) in [4.78, 5) is 52.4. The van der Waals surface area contributed by atoms with Crippen LogP contribution in [-0.4, -0.2) is 88.1 Å². The summed E-state index contributed by atoms with van der Waals surface area (Å²) in [5.41, 5.74) is 0.648. The summed E-state index contributed by atoms with van der Waals surface area (Å²) in [7, 11) is 0. The molecule has 3 amide bonds. The Hall–Kier alpha value is -2.79. The third-order valence-corrected chi connectivity index (χ3v) is 7.08. The largest absolute Gasteiger partial charge is 0.508 e. The van der Waals surface area contributed by atoms with Gasteiger partial charge in [0.25, 0.3) is 0 Å². The Morgan fingerprint density at radius 1 is 1.09 bits per heavy atom. The van der Waals surface area contributed by atoms with Gasteiger partial charge in [0.05, 0.1) is 6.04 Å². The van der Waals surface area contributed by atoms with Crippen molar-refractivity contribution in [2.24, 2.45) is 0 Å². The monoisotopic (exact) mass is 506 g/mol. The summed E-state index contributed by atoms with van der Waals surface area (Å²) in [6.07, 6.45) is 5.09. The first-order valence-corrected chi connectivity index (χ1v) is 13.3. The number of hydrogen-bond donors (Lipinski definition) is 5. The number of carboxylic acid groups (broad SMARTS) is 1. The van der Waals surface area contributed by atoms with Crippen LogP contribution in [-0.2, 0) is 25.6 Å². The first-order chi connectivity index (χ1) is 16.8. The number of hydrogen-bond acceptors (Lipinski definition) is 7. The van der Waals surface area contributed by atoms with Crippen molar-refractivity contribution in [1.82, 2.24) is 20.9 Å². The van der Waals surface area contributed by atoms with Crippen LogP contribution in [0.15, 0.2) is 24.3 Å². The minimum Gasteiger partial charge on any atom is -0.508 e. The number of amides is 3. The average Bonchev–Trinajstić information content (AvgIpc) is 3.54. The highest BCUT2D eigenvalue weighted by molar-refractivity contribution is 7.98. The summed E-state index contributed by atoms with van der Waals surface area (Å²) in [5.74, 6) is -1.48. The molecular weight excluding hydrogens is 472 g/mol. The second-order valence-corrected chi connectivity index (χ2v) is 9.94. The van der Waals surface area contributed by atoms with Gasteiger partial charge >= 0.3 is 5.97 Å². The zero-order valence-corrected chi connectivity index (χ0v) is 20.7. The molecule has 35 heavy (non-hydrogen) atoms. The van der Waals surface area contributed by atoms with Gasteiger partial charge < -0.3 is 31.1 Å². The smallest absolute Gasteiger partial charge is 0.326 e. The number of benzene rings is 1. The Bertz CT molecular complexity index is 906. The fourth-order valence-corrected chi connectivity index (χ4v) is 4.98. The second kappa shape index (κ2) is 12.8. The van der Waals surface area contributed by atoms with E-state index in [0.717, 1.165) is 19.4 Å².